The maximum Gasteiger partial charge on any atom is 0.220 e. The topological polar surface area (TPSA) is 50.4 Å². The lowest BCUT2D eigenvalue weighted by molar-refractivity contribution is -0.121. The molecule has 0 aliphatic carbocycles. The Labute approximate surface area is 141 Å². The van der Waals surface area contributed by atoms with Gasteiger partial charge in [-0.1, -0.05) is 19.1 Å². The van der Waals surface area contributed by atoms with Gasteiger partial charge < -0.3 is 15.4 Å². The SMILES string of the molecule is CCN[C@H](C)CNC(=O)CCCOc1ccccc1Br.Cl. The highest BCUT2D eigenvalue weighted by molar-refractivity contribution is 9.10. The van der Waals surface area contributed by atoms with Crippen LogP contribution in [0.25, 0.3) is 0 Å². The Morgan fingerprint density at radius 1 is 1.38 bits per heavy atom. The van der Waals surface area contributed by atoms with E-state index in [1.165, 1.54) is 0 Å². The molecule has 0 bridgehead atoms. The van der Waals surface area contributed by atoms with E-state index in [1.54, 1.807) is 0 Å². The molecule has 0 unspecified atom stereocenters. The van der Waals surface area contributed by atoms with Gasteiger partial charge in [0, 0.05) is 19.0 Å². The molecule has 2 N–H and O–H groups in total. The summed E-state index contributed by atoms with van der Waals surface area (Å²) in [6, 6.07) is 8.01. The van der Waals surface area contributed by atoms with Crippen LogP contribution in [0, 0.1) is 0 Å². The second-order valence-electron chi connectivity index (χ2n) is 4.65. The highest BCUT2D eigenvalue weighted by atomic mass is 79.9. The van der Waals surface area contributed by atoms with Crippen molar-refractivity contribution >= 4 is 34.2 Å². The summed E-state index contributed by atoms with van der Waals surface area (Å²) in [5, 5.41) is 6.16. The molecule has 21 heavy (non-hydrogen) atoms. The number of amides is 1. The second-order valence-corrected chi connectivity index (χ2v) is 5.50. The Bertz CT molecular complexity index is 418. The van der Waals surface area contributed by atoms with Gasteiger partial charge in [0.2, 0.25) is 5.91 Å². The molecular weight excluding hydrogens is 356 g/mol. The Balaban J connectivity index is 0.00000400. The van der Waals surface area contributed by atoms with Crippen LogP contribution in [0.4, 0.5) is 0 Å². The molecule has 1 aromatic rings. The molecule has 0 radical (unpaired) electrons. The first kappa shape index (κ1) is 20.2. The molecule has 4 nitrogen and oxygen atoms in total. The van der Waals surface area contributed by atoms with E-state index in [4.69, 9.17) is 4.74 Å². The van der Waals surface area contributed by atoms with Crippen LogP contribution in [0.5, 0.6) is 5.75 Å². The number of likely N-dealkylation sites (N-methyl/N-ethyl adjacent to an activating group) is 1. The quantitative estimate of drug-likeness (QED) is 0.648. The molecule has 0 fully saturated rings. The fraction of sp³-hybridized carbons (Fsp3) is 0.533. The van der Waals surface area contributed by atoms with Gasteiger partial charge in [-0.05, 0) is 48.0 Å². The van der Waals surface area contributed by atoms with Crippen molar-refractivity contribution in [2.45, 2.75) is 32.7 Å². The van der Waals surface area contributed by atoms with Gasteiger partial charge in [-0.3, -0.25) is 4.79 Å². The first-order valence-corrected chi connectivity index (χ1v) is 7.80. The number of nitrogens with one attached hydrogen (secondary N) is 2. The van der Waals surface area contributed by atoms with Gasteiger partial charge in [0.05, 0.1) is 11.1 Å². The van der Waals surface area contributed by atoms with Crippen molar-refractivity contribution in [2.24, 2.45) is 0 Å². The predicted molar refractivity (Wildman–Crippen MR) is 92.3 cm³/mol. The molecular formula is C15H24BrClN2O2. The molecule has 1 rings (SSSR count). The van der Waals surface area contributed by atoms with Crippen molar-refractivity contribution in [2.75, 3.05) is 19.7 Å². The van der Waals surface area contributed by atoms with E-state index in [1.807, 2.05) is 24.3 Å². The molecule has 0 saturated carbocycles. The van der Waals surface area contributed by atoms with Gasteiger partial charge in [-0.25, -0.2) is 0 Å². The molecule has 6 heteroatoms. The van der Waals surface area contributed by atoms with E-state index in [-0.39, 0.29) is 18.3 Å². The summed E-state index contributed by atoms with van der Waals surface area (Å²) in [6.45, 7) is 6.23. The second kappa shape index (κ2) is 11.8. The van der Waals surface area contributed by atoms with Gasteiger partial charge in [-0.15, -0.1) is 12.4 Å². The Kier molecular flexibility index (Phi) is 11.4. The van der Waals surface area contributed by atoms with Crippen molar-refractivity contribution in [1.82, 2.24) is 10.6 Å². The van der Waals surface area contributed by atoms with Crippen LogP contribution < -0.4 is 15.4 Å². The van der Waals surface area contributed by atoms with E-state index in [0.29, 0.717) is 32.0 Å². The molecule has 0 aromatic heterocycles. The summed E-state index contributed by atoms with van der Waals surface area (Å²) in [5.74, 6) is 0.888. The normalized spacial score (nSPS) is 11.4. The third-order valence-corrected chi connectivity index (χ3v) is 3.46. The van der Waals surface area contributed by atoms with Crippen LogP contribution in [0.3, 0.4) is 0 Å². The standard InChI is InChI=1S/C15H23BrN2O2.ClH/c1-3-17-12(2)11-18-15(19)9-6-10-20-14-8-5-4-7-13(14)16;/h4-5,7-8,12,17H,3,6,9-11H2,1-2H3,(H,18,19);1H/t12-;/m1./s1. The lowest BCUT2D eigenvalue weighted by atomic mass is 10.3. The molecule has 0 saturated heterocycles. The molecule has 0 aliphatic heterocycles. The van der Waals surface area contributed by atoms with Crippen molar-refractivity contribution in [1.29, 1.82) is 0 Å². The minimum absolute atomic E-state index is 0. The molecule has 120 valence electrons. The molecule has 0 heterocycles. The Morgan fingerprint density at radius 2 is 2.10 bits per heavy atom. The summed E-state index contributed by atoms with van der Waals surface area (Å²) < 4.78 is 6.55. The van der Waals surface area contributed by atoms with Crippen LogP contribution in [0.2, 0.25) is 0 Å². The van der Waals surface area contributed by atoms with Gasteiger partial charge in [-0.2, -0.15) is 0 Å². The number of hydrogen-bond donors (Lipinski definition) is 2. The minimum Gasteiger partial charge on any atom is -0.492 e. The number of halogens is 2. The molecule has 0 aliphatic rings. The van der Waals surface area contributed by atoms with E-state index >= 15 is 0 Å². The number of benzene rings is 1. The van der Waals surface area contributed by atoms with Gasteiger partial charge in [0.25, 0.3) is 0 Å². The van der Waals surface area contributed by atoms with Crippen molar-refractivity contribution < 1.29 is 9.53 Å². The van der Waals surface area contributed by atoms with Crippen molar-refractivity contribution in [3.8, 4) is 5.75 Å². The first-order chi connectivity index (χ1) is 9.63. The van der Waals surface area contributed by atoms with E-state index in [0.717, 1.165) is 16.8 Å². The summed E-state index contributed by atoms with van der Waals surface area (Å²) in [4.78, 5) is 11.6. The van der Waals surface area contributed by atoms with E-state index in [2.05, 4.69) is 40.4 Å². The highest BCUT2D eigenvalue weighted by Gasteiger charge is 2.05. The van der Waals surface area contributed by atoms with Crippen LogP contribution in [-0.4, -0.2) is 31.6 Å². The fourth-order valence-corrected chi connectivity index (χ4v) is 2.15. The monoisotopic (exact) mass is 378 g/mol. The maximum absolute atomic E-state index is 11.6. The van der Waals surface area contributed by atoms with Crippen LogP contribution in [0.1, 0.15) is 26.7 Å². The lowest BCUT2D eigenvalue weighted by Crippen LogP contribution is -2.38. The van der Waals surface area contributed by atoms with E-state index < -0.39 is 0 Å². The Hall–Kier alpha value is -0.780. The van der Waals surface area contributed by atoms with Gasteiger partial charge in [0.1, 0.15) is 5.75 Å². The summed E-state index contributed by atoms with van der Waals surface area (Å²) in [7, 11) is 0. The minimum atomic E-state index is 0. The zero-order valence-corrected chi connectivity index (χ0v) is 14.9. The van der Waals surface area contributed by atoms with Crippen LogP contribution >= 0.6 is 28.3 Å². The average Bonchev–Trinajstić information content (AvgIpc) is 2.43. The van der Waals surface area contributed by atoms with Crippen LogP contribution in [0.15, 0.2) is 28.7 Å². The summed E-state index contributed by atoms with van der Waals surface area (Å²) in [5.41, 5.74) is 0. The number of carbonyl (C=O) groups is 1. The Morgan fingerprint density at radius 3 is 2.76 bits per heavy atom. The molecule has 1 amide bonds. The third-order valence-electron chi connectivity index (χ3n) is 2.80. The predicted octanol–water partition coefficient (Wildman–Crippen LogP) is 3.14. The first-order valence-electron chi connectivity index (χ1n) is 7.01. The van der Waals surface area contributed by atoms with Gasteiger partial charge >= 0.3 is 0 Å². The summed E-state index contributed by atoms with van der Waals surface area (Å²) >= 11 is 3.42. The number of carbonyl (C=O) groups excluding carboxylic acids is 1. The number of rotatable bonds is 9. The zero-order chi connectivity index (χ0) is 14.8. The largest absolute Gasteiger partial charge is 0.492 e. The smallest absolute Gasteiger partial charge is 0.220 e. The fourth-order valence-electron chi connectivity index (χ4n) is 1.75. The van der Waals surface area contributed by atoms with Crippen molar-refractivity contribution in [3.05, 3.63) is 28.7 Å². The maximum atomic E-state index is 11.6. The number of para-hydroxylation sites is 1. The van der Waals surface area contributed by atoms with Crippen molar-refractivity contribution in [3.63, 3.8) is 0 Å². The van der Waals surface area contributed by atoms with E-state index in [9.17, 15) is 4.79 Å². The highest BCUT2D eigenvalue weighted by Crippen LogP contribution is 2.23. The average molecular weight is 380 g/mol. The van der Waals surface area contributed by atoms with Gasteiger partial charge in [0.15, 0.2) is 0 Å². The molecule has 1 atom stereocenters. The van der Waals surface area contributed by atoms with Crippen LogP contribution in [-0.2, 0) is 4.79 Å². The lowest BCUT2D eigenvalue weighted by Gasteiger charge is -2.13. The number of hydrogen-bond acceptors (Lipinski definition) is 3. The molecule has 0 spiro atoms. The summed E-state index contributed by atoms with van der Waals surface area (Å²) in [6.07, 6.45) is 1.20. The molecule has 1 aromatic carbocycles. The zero-order valence-electron chi connectivity index (χ0n) is 12.5. The third kappa shape index (κ3) is 8.96. The number of ether oxygens (including phenoxy) is 1.